The molecule has 0 spiro atoms. The Hall–Kier alpha value is -1.92. The van der Waals surface area contributed by atoms with Crippen LogP contribution in [0.1, 0.15) is 55.3 Å². The quantitative estimate of drug-likeness (QED) is 0.413. The van der Waals surface area contributed by atoms with E-state index in [4.69, 9.17) is 5.73 Å². The van der Waals surface area contributed by atoms with E-state index in [1.807, 2.05) is 0 Å². The predicted octanol–water partition coefficient (Wildman–Crippen LogP) is 2.58. The molecule has 7 heteroatoms. The number of carbonyl (C=O) groups is 1. The smallest absolute Gasteiger partial charge is 0.269 e. The number of amides is 1. The Morgan fingerprint density at radius 2 is 2.00 bits per heavy atom. The number of hydrogen-bond acceptors (Lipinski definition) is 4. The number of nitrogens with two attached hydrogens (primary N) is 1. The number of H-pyrrole nitrogens is 1. The van der Waals surface area contributed by atoms with E-state index in [0.717, 1.165) is 25.1 Å². The molecule has 1 aromatic rings. The summed E-state index contributed by atoms with van der Waals surface area (Å²) < 4.78 is 0. The van der Waals surface area contributed by atoms with Crippen molar-refractivity contribution < 1.29 is 4.79 Å². The lowest BCUT2D eigenvalue weighted by atomic mass is 10.1. The number of primary amides is 1. The largest absolute Gasteiger partial charge is 0.364 e. The van der Waals surface area contributed by atoms with Crippen molar-refractivity contribution in [2.24, 2.45) is 16.1 Å². The van der Waals surface area contributed by atoms with Gasteiger partial charge in [-0.2, -0.15) is 0 Å². The van der Waals surface area contributed by atoms with E-state index >= 15 is 0 Å². The first-order chi connectivity index (χ1) is 9.54. The van der Waals surface area contributed by atoms with E-state index in [1.54, 1.807) is 14.1 Å². The molecule has 0 unspecified atom stereocenters. The van der Waals surface area contributed by atoms with E-state index in [0.29, 0.717) is 0 Å². The zero-order chi connectivity index (χ0) is 15.0. The van der Waals surface area contributed by atoms with E-state index in [1.165, 1.54) is 24.3 Å². The van der Waals surface area contributed by atoms with Crippen LogP contribution in [0.2, 0.25) is 0 Å². The molecule has 0 aliphatic heterocycles. The summed E-state index contributed by atoms with van der Waals surface area (Å²) in [5, 5.41) is 9.28. The number of aryl methyl sites for hydroxylation is 1. The fourth-order valence-corrected chi connectivity index (χ4v) is 1.80. The molecule has 0 atom stereocenters. The summed E-state index contributed by atoms with van der Waals surface area (Å²) in [5.74, 6) is 0.431. The van der Waals surface area contributed by atoms with Crippen LogP contribution < -0.4 is 5.73 Å². The van der Waals surface area contributed by atoms with Gasteiger partial charge in [0.15, 0.2) is 5.69 Å². The molecule has 1 aromatic heterocycles. The maximum Gasteiger partial charge on any atom is 0.269 e. The highest BCUT2D eigenvalue weighted by Crippen LogP contribution is 2.18. The molecule has 0 aliphatic carbocycles. The number of unbranched alkanes of at least 4 members (excludes halogenated alkanes) is 4. The minimum atomic E-state index is -0.567. The van der Waals surface area contributed by atoms with Crippen molar-refractivity contribution in [1.29, 1.82) is 0 Å². The van der Waals surface area contributed by atoms with Gasteiger partial charge in [0.2, 0.25) is 5.82 Å². The Morgan fingerprint density at radius 3 is 2.60 bits per heavy atom. The van der Waals surface area contributed by atoms with Gasteiger partial charge in [-0.3, -0.25) is 9.80 Å². The summed E-state index contributed by atoms with van der Waals surface area (Å²) in [6.45, 7) is 2.19. The number of aromatic nitrogens is 2. The van der Waals surface area contributed by atoms with Crippen LogP contribution in [-0.2, 0) is 6.42 Å². The van der Waals surface area contributed by atoms with E-state index < -0.39 is 5.91 Å². The second kappa shape index (κ2) is 8.29. The molecule has 0 radical (unpaired) electrons. The third-order valence-corrected chi connectivity index (χ3v) is 2.82. The number of imidazole rings is 1. The van der Waals surface area contributed by atoms with Gasteiger partial charge in [-0.15, -0.1) is 5.11 Å². The summed E-state index contributed by atoms with van der Waals surface area (Å²) in [6, 6.07) is 0. The number of carbonyl (C=O) groups excluding carboxylic acids is 1. The second-order valence-electron chi connectivity index (χ2n) is 4.95. The molecule has 0 aromatic carbocycles. The first-order valence-corrected chi connectivity index (χ1v) is 7.02. The average Bonchev–Trinajstić information content (AvgIpc) is 2.79. The van der Waals surface area contributed by atoms with Crippen molar-refractivity contribution in [3.05, 3.63) is 11.5 Å². The maximum atomic E-state index is 11.3. The molecule has 0 saturated heterocycles. The van der Waals surface area contributed by atoms with Crippen LogP contribution in [0, 0.1) is 0 Å². The fourth-order valence-electron chi connectivity index (χ4n) is 1.80. The first-order valence-electron chi connectivity index (χ1n) is 7.02. The minimum Gasteiger partial charge on any atom is -0.364 e. The minimum absolute atomic E-state index is 0.221. The van der Waals surface area contributed by atoms with Crippen molar-refractivity contribution in [2.45, 2.75) is 45.4 Å². The fraction of sp³-hybridized carbons (Fsp3) is 0.692. The normalized spacial score (nSPS) is 11.2. The van der Waals surface area contributed by atoms with Gasteiger partial charge in [0, 0.05) is 20.5 Å². The van der Waals surface area contributed by atoms with Crippen LogP contribution in [0.15, 0.2) is 10.3 Å². The summed E-state index contributed by atoms with van der Waals surface area (Å²) in [4.78, 5) is 18.5. The van der Waals surface area contributed by atoms with Crippen molar-refractivity contribution >= 4 is 11.7 Å². The van der Waals surface area contributed by atoms with Crippen LogP contribution in [0.4, 0.5) is 5.82 Å². The molecule has 1 rings (SSSR count). The molecule has 1 heterocycles. The topological polar surface area (TPSA) is 99.7 Å². The van der Waals surface area contributed by atoms with Crippen molar-refractivity contribution in [2.75, 3.05) is 14.1 Å². The Morgan fingerprint density at radius 1 is 1.30 bits per heavy atom. The van der Waals surface area contributed by atoms with Gasteiger partial charge in [-0.25, -0.2) is 4.98 Å². The van der Waals surface area contributed by atoms with Crippen LogP contribution >= 0.6 is 0 Å². The van der Waals surface area contributed by atoms with Crippen molar-refractivity contribution in [1.82, 2.24) is 15.0 Å². The van der Waals surface area contributed by atoms with Crippen LogP contribution in [-0.4, -0.2) is 35.0 Å². The van der Waals surface area contributed by atoms with Crippen LogP contribution in [0.5, 0.6) is 0 Å². The number of hydrogen-bond donors (Lipinski definition) is 2. The van der Waals surface area contributed by atoms with Crippen molar-refractivity contribution in [3.63, 3.8) is 0 Å². The lowest BCUT2D eigenvalue weighted by molar-refractivity contribution is 0.0996. The molecular weight excluding hydrogens is 256 g/mol. The molecule has 112 valence electrons. The first kappa shape index (κ1) is 16.1. The summed E-state index contributed by atoms with van der Waals surface area (Å²) in [6.07, 6.45) is 6.70. The van der Waals surface area contributed by atoms with Crippen molar-refractivity contribution in [3.8, 4) is 0 Å². The number of rotatable bonds is 9. The molecule has 0 aliphatic rings. The SMILES string of the molecule is CCCCCCCc1nc(N=NN(C)C)c(C(N)=O)[nH]1. The lowest BCUT2D eigenvalue weighted by Crippen LogP contribution is -2.11. The molecule has 7 nitrogen and oxygen atoms in total. The zero-order valence-corrected chi connectivity index (χ0v) is 12.5. The number of aromatic amines is 1. The summed E-state index contributed by atoms with van der Waals surface area (Å²) in [7, 11) is 3.49. The maximum absolute atomic E-state index is 11.3. The second-order valence-corrected chi connectivity index (χ2v) is 4.95. The number of nitrogens with zero attached hydrogens (tertiary/aromatic N) is 4. The van der Waals surface area contributed by atoms with Gasteiger partial charge in [-0.1, -0.05) is 37.8 Å². The zero-order valence-electron chi connectivity index (χ0n) is 12.5. The van der Waals surface area contributed by atoms with Gasteiger partial charge in [-0.05, 0) is 6.42 Å². The molecule has 0 saturated carbocycles. The molecule has 0 fully saturated rings. The van der Waals surface area contributed by atoms with Crippen LogP contribution in [0.25, 0.3) is 0 Å². The Balaban J connectivity index is 2.64. The molecule has 0 bridgehead atoms. The third-order valence-electron chi connectivity index (χ3n) is 2.82. The lowest BCUT2D eigenvalue weighted by Gasteiger charge is -1.99. The van der Waals surface area contributed by atoms with Gasteiger partial charge in [0.05, 0.1) is 0 Å². The predicted molar refractivity (Wildman–Crippen MR) is 77.8 cm³/mol. The van der Waals surface area contributed by atoms with Gasteiger partial charge in [0.25, 0.3) is 5.91 Å². The highest BCUT2D eigenvalue weighted by Gasteiger charge is 2.14. The Labute approximate surface area is 119 Å². The third kappa shape index (κ3) is 5.38. The van der Waals surface area contributed by atoms with E-state index in [-0.39, 0.29) is 11.5 Å². The van der Waals surface area contributed by atoms with Gasteiger partial charge >= 0.3 is 0 Å². The molecule has 3 N–H and O–H groups in total. The van der Waals surface area contributed by atoms with Gasteiger partial charge in [0.1, 0.15) is 5.82 Å². The average molecular weight is 280 g/mol. The Kier molecular flexibility index (Phi) is 6.69. The Bertz CT molecular complexity index is 452. The molecule has 20 heavy (non-hydrogen) atoms. The van der Waals surface area contributed by atoms with E-state index in [9.17, 15) is 4.79 Å². The summed E-state index contributed by atoms with van der Waals surface area (Å²) in [5.41, 5.74) is 5.52. The van der Waals surface area contributed by atoms with E-state index in [2.05, 4.69) is 27.2 Å². The molecule has 1 amide bonds. The van der Waals surface area contributed by atoms with Crippen LogP contribution in [0.3, 0.4) is 0 Å². The number of nitrogens with one attached hydrogen (secondary N) is 1. The summed E-state index contributed by atoms with van der Waals surface area (Å²) >= 11 is 0. The highest BCUT2D eigenvalue weighted by atomic mass is 16.1. The monoisotopic (exact) mass is 280 g/mol. The molecular formula is C13H24N6O. The van der Waals surface area contributed by atoms with Gasteiger partial charge < -0.3 is 10.7 Å². The highest BCUT2D eigenvalue weighted by molar-refractivity contribution is 5.95. The standard InChI is InChI=1S/C13H24N6O/c1-4-5-6-7-8-9-10-15-11(12(14)20)13(16-10)17-18-19(2)3/h4-9H2,1-3H3,(H2,14,20)(H,15,16).